The molecule has 1 aliphatic rings. The van der Waals surface area contributed by atoms with Crippen molar-refractivity contribution in [3.8, 4) is 0 Å². The van der Waals surface area contributed by atoms with Crippen LogP contribution >= 0.6 is 0 Å². The summed E-state index contributed by atoms with van der Waals surface area (Å²) in [7, 11) is 0. The lowest BCUT2D eigenvalue weighted by Gasteiger charge is -2.41. The maximum atomic E-state index is 11.6. The zero-order chi connectivity index (χ0) is 22.9. The van der Waals surface area contributed by atoms with Crippen LogP contribution in [0.1, 0.15) is 41.5 Å². The number of anilines is 2. The molecule has 0 spiro atoms. The molecule has 0 amide bonds. The number of carbonyl (C=O) groups is 2. The highest BCUT2D eigenvalue weighted by molar-refractivity contribution is 5.96. The second-order valence-corrected chi connectivity index (χ2v) is 7.52. The van der Waals surface area contributed by atoms with Crippen LogP contribution in [0.3, 0.4) is 0 Å². The summed E-state index contributed by atoms with van der Waals surface area (Å²) < 4.78 is 0. The van der Waals surface area contributed by atoms with Crippen LogP contribution in [0.5, 0.6) is 0 Å². The standard InChI is InChI=1S/C21H22N4O6/c1-13-12-22(18-6-4-16(14(2)26)10-20(18)24(28)29)8-9-23(13)19-7-5-17(15(3)27)11-21(19)25(30)31/h4-7,10-11,13H,8-9,12H2,1-3H3/t13-/m0/s1. The largest absolute Gasteiger partial charge is 0.362 e. The molecule has 1 fully saturated rings. The molecule has 0 aromatic heterocycles. The van der Waals surface area contributed by atoms with Crippen molar-refractivity contribution in [2.45, 2.75) is 26.8 Å². The maximum Gasteiger partial charge on any atom is 0.293 e. The Bertz CT molecular complexity index is 1080. The molecule has 0 saturated carbocycles. The van der Waals surface area contributed by atoms with Gasteiger partial charge < -0.3 is 9.80 Å². The van der Waals surface area contributed by atoms with Crippen molar-refractivity contribution in [2.75, 3.05) is 29.4 Å². The highest BCUT2D eigenvalue weighted by atomic mass is 16.6. The number of carbonyl (C=O) groups excluding carboxylic acids is 2. The van der Waals surface area contributed by atoms with Crippen molar-refractivity contribution in [1.29, 1.82) is 0 Å². The zero-order valence-electron chi connectivity index (χ0n) is 17.4. The van der Waals surface area contributed by atoms with Gasteiger partial charge in [0.1, 0.15) is 11.4 Å². The number of hydrogen-bond donors (Lipinski definition) is 0. The normalized spacial score (nSPS) is 16.2. The van der Waals surface area contributed by atoms with Gasteiger partial charge in [-0.1, -0.05) is 0 Å². The minimum absolute atomic E-state index is 0.148. The number of rotatable bonds is 6. The van der Waals surface area contributed by atoms with Gasteiger partial charge in [-0.05, 0) is 45.0 Å². The average Bonchev–Trinajstić information content (AvgIpc) is 2.72. The molecule has 31 heavy (non-hydrogen) atoms. The molecule has 0 aliphatic carbocycles. The van der Waals surface area contributed by atoms with Gasteiger partial charge >= 0.3 is 0 Å². The molecule has 10 nitrogen and oxygen atoms in total. The molecule has 3 rings (SSSR count). The summed E-state index contributed by atoms with van der Waals surface area (Å²) >= 11 is 0. The van der Waals surface area contributed by atoms with E-state index in [0.29, 0.717) is 31.0 Å². The number of hydrogen-bond acceptors (Lipinski definition) is 8. The lowest BCUT2D eigenvalue weighted by atomic mass is 10.1. The smallest absolute Gasteiger partial charge is 0.293 e. The molecule has 162 valence electrons. The van der Waals surface area contributed by atoms with Crippen LogP contribution in [0, 0.1) is 20.2 Å². The maximum absolute atomic E-state index is 11.6. The van der Waals surface area contributed by atoms with Gasteiger partial charge in [0.2, 0.25) is 0 Å². The second-order valence-electron chi connectivity index (χ2n) is 7.52. The Morgan fingerprint density at radius 2 is 1.35 bits per heavy atom. The predicted molar refractivity (Wildman–Crippen MR) is 115 cm³/mol. The Labute approximate surface area is 178 Å². The van der Waals surface area contributed by atoms with Crippen molar-refractivity contribution < 1.29 is 19.4 Å². The second kappa shape index (κ2) is 8.50. The third kappa shape index (κ3) is 4.37. The van der Waals surface area contributed by atoms with E-state index in [2.05, 4.69) is 0 Å². The summed E-state index contributed by atoms with van der Waals surface area (Å²) in [5, 5.41) is 23.2. The minimum atomic E-state index is -0.510. The molecule has 1 atom stereocenters. The van der Waals surface area contributed by atoms with Crippen molar-refractivity contribution in [2.24, 2.45) is 0 Å². The minimum Gasteiger partial charge on any atom is -0.362 e. The van der Waals surface area contributed by atoms with Gasteiger partial charge in [-0.2, -0.15) is 0 Å². The van der Waals surface area contributed by atoms with Crippen molar-refractivity contribution >= 4 is 34.3 Å². The van der Waals surface area contributed by atoms with E-state index in [0.717, 1.165) is 0 Å². The first-order valence-corrected chi connectivity index (χ1v) is 9.70. The fourth-order valence-corrected chi connectivity index (χ4v) is 3.82. The van der Waals surface area contributed by atoms with Crippen LogP contribution in [-0.2, 0) is 0 Å². The number of Topliss-reactive ketones (excluding diaryl/α,β-unsaturated/α-hetero) is 2. The number of piperazine rings is 1. The summed E-state index contributed by atoms with van der Waals surface area (Å²) in [5.41, 5.74) is 1.05. The Morgan fingerprint density at radius 1 is 0.871 bits per heavy atom. The van der Waals surface area contributed by atoms with Gasteiger partial charge in [0.15, 0.2) is 11.6 Å². The summed E-state index contributed by atoms with van der Waals surface area (Å²) in [5.74, 6) is -0.511. The molecule has 0 N–H and O–H groups in total. The van der Waals surface area contributed by atoms with Gasteiger partial charge in [0.05, 0.1) is 9.85 Å². The van der Waals surface area contributed by atoms with Gasteiger partial charge in [0.25, 0.3) is 11.4 Å². The van der Waals surface area contributed by atoms with Crippen LogP contribution in [0.4, 0.5) is 22.7 Å². The van der Waals surface area contributed by atoms with E-state index in [1.165, 1.54) is 26.0 Å². The topological polar surface area (TPSA) is 127 Å². The molecule has 2 aromatic carbocycles. The molecule has 10 heteroatoms. The first-order chi connectivity index (χ1) is 14.6. The van der Waals surface area contributed by atoms with Crippen LogP contribution in [0.25, 0.3) is 0 Å². The number of nitro groups is 2. The summed E-state index contributed by atoms with van der Waals surface area (Å²) in [6.07, 6.45) is 0. The van der Waals surface area contributed by atoms with E-state index >= 15 is 0 Å². The molecule has 0 unspecified atom stereocenters. The molecule has 0 radical (unpaired) electrons. The van der Waals surface area contributed by atoms with Crippen LogP contribution in [0.2, 0.25) is 0 Å². The third-order valence-electron chi connectivity index (χ3n) is 5.43. The molecular weight excluding hydrogens is 404 g/mol. The highest BCUT2D eigenvalue weighted by Gasteiger charge is 2.31. The Balaban J connectivity index is 1.90. The fourth-order valence-electron chi connectivity index (χ4n) is 3.82. The number of nitrogens with zero attached hydrogens (tertiary/aromatic N) is 4. The van der Waals surface area contributed by atoms with Crippen LogP contribution < -0.4 is 9.80 Å². The highest BCUT2D eigenvalue weighted by Crippen LogP contribution is 2.35. The molecule has 1 heterocycles. The van der Waals surface area contributed by atoms with Crippen molar-refractivity contribution in [3.05, 3.63) is 67.8 Å². The van der Waals surface area contributed by atoms with Gasteiger partial charge in [-0.25, -0.2) is 0 Å². The molecule has 2 aromatic rings. The van der Waals surface area contributed by atoms with Gasteiger partial charge in [-0.15, -0.1) is 0 Å². The van der Waals surface area contributed by atoms with Crippen LogP contribution in [0.15, 0.2) is 36.4 Å². The SMILES string of the molecule is CC(=O)c1ccc(N2CCN(c3ccc(C(C)=O)cc3[N+](=O)[O-])[C@@H](C)C2)c([N+](=O)[O-])c1. The number of nitro benzene ring substituents is 2. The predicted octanol–water partition coefficient (Wildman–Crippen LogP) is 3.62. The number of ketones is 2. The fraction of sp³-hybridized carbons (Fsp3) is 0.333. The van der Waals surface area contributed by atoms with E-state index in [1.54, 1.807) is 24.3 Å². The quantitative estimate of drug-likeness (QED) is 0.389. The monoisotopic (exact) mass is 426 g/mol. The summed E-state index contributed by atoms with van der Waals surface area (Å²) in [6.45, 7) is 5.77. The van der Waals surface area contributed by atoms with Crippen molar-refractivity contribution in [3.63, 3.8) is 0 Å². The molecule has 0 bridgehead atoms. The van der Waals surface area contributed by atoms with E-state index in [4.69, 9.17) is 0 Å². The first-order valence-electron chi connectivity index (χ1n) is 9.70. The first kappa shape index (κ1) is 21.9. The summed E-state index contributed by atoms with van der Waals surface area (Å²) in [4.78, 5) is 49.1. The van der Waals surface area contributed by atoms with E-state index < -0.39 is 9.85 Å². The lowest BCUT2D eigenvalue weighted by Crippen LogP contribution is -2.52. The Hall–Kier alpha value is -3.82. The van der Waals surface area contributed by atoms with E-state index in [9.17, 15) is 29.8 Å². The summed E-state index contributed by atoms with van der Waals surface area (Å²) in [6, 6.07) is 8.64. The van der Waals surface area contributed by atoms with E-state index in [1.807, 2.05) is 16.7 Å². The van der Waals surface area contributed by atoms with Gasteiger partial charge in [-0.3, -0.25) is 29.8 Å². The number of benzene rings is 2. The molecule has 1 aliphatic heterocycles. The van der Waals surface area contributed by atoms with E-state index in [-0.39, 0.29) is 40.1 Å². The molecule has 1 saturated heterocycles. The Kier molecular flexibility index (Phi) is 6.00. The van der Waals surface area contributed by atoms with Crippen LogP contribution in [-0.4, -0.2) is 47.1 Å². The van der Waals surface area contributed by atoms with Crippen molar-refractivity contribution in [1.82, 2.24) is 0 Å². The Morgan fingerprint density at radius 3 is 1.81 bits per heavy atom. The average molecular weight is 426 g/mol. The van der Waals surface area contributed by atoms with Gasteiger partial charge in [0, 0.05) is 48.9 Å². The third-order valence-corrected chi connectivity index (χ3v) is 5.43. The lowest BCUT2D eigenvalue weighted by molar-refractivity contribution is -0.384. The zero-order valence-corrected chi connectivity index (χ0v) is 17.4. The molecular formula is C21H22N4O6.